The van der Waals surface area contributed by atoms with Crippen LogP contribution in [0.5, 0.6) is 0 Å². The van der Waals surface area contributed by atoms with Gasteiger partial charge in [-0.2, -0.15) is 5.26 Å². The van der Waals surface area contributed by atoms with Gasteiger partial charge in [-0.1, -0.05) is 50.2 Å². The topological polar surface area (TPSA) is 103 Å². The molecule has 0 fully saturated rings. The minimum Gasteiger partial charge on any atom is -0.369 e. The molecule has 7 nitrogen and oxygen atoms in total. The summed E-state index contributed by atoms with van der Waals surface area (Å²) in [6.07, 6.45) is 0.380. The van der Waals surface area contributed by atoms with E-state index in [-0.39, 0.29) is 30.2 Å². The van der Waals surface area contributed by atoms with Crippen LogP contribution in [0.1, 0.15) is 52.9 Å². The third-order valence-corrected chi connectivity index (χ3v) is 6.55. The zero-order valence-corrected chi connectivity index (χ0v) is 21.7. The number of carbonyl (C=O) groups is 2. The van der Waals surface area contributed by atoms with Crippen LogP contribution >= 0.6 is 0 Å². The fourth-order valence-electron chi connectivity index (χ4n) is 4.80. The molecule has 3 aromatic rings. The summed E-state index contributed by atoms with van der Waals surface area (Å²) < 4.78 is 14.1. The molecule has 1 aliphatic rings. The van der Waals surface area contributed by atoms with Crippen molar-refractivity contribution >= 4 is 17.8 Å². The van der Waals surface area contributed by atoms with Gasteiger partial charge >= 0.3 is 0 Å². The zero-order valence-electron chi connectivity index (χ0n) is 21.7. The molecular weight excluding hydrogens is 481 g/mol. The predicted molar refractivity (Wildman–Crippen MR) is 143 cm³/mol. The molecule has 38 heavy (non-hydrogen) atoms. The summed E-state index contributed by atoms with van der Waals surface area (Å²) in [5.74, 6) is -0.772. The van der Waals surface area contributed by atoms with Crippen LogP contribution in [-0.4, -0.2) is 34.6 Å². The molecule has 0 bridgehead atoms. The van der Waals surface area contributed by atoms with Crippen molar-refractivity contribution in [2.75, 3.05) is 7.05 Å². The SMILES string of the molecule is CC(C)CC1(c2cccc(F)c2)N=C(N)N(Cc2cccc(C(=O)N(C)Cc3ccc(C#N)cc3)c2)C1=O. The number of hydrogen-bond acceptors (Lipinski definition) is 5. The van der Waals surface area contributed by atoms with E-state index in [2.05, 4.69) is 11.1 Å². The highest BCUT2D eigenvalue weighted by Crippen LogP contribution is 2.39. The molecule has 3 aromatic carbocycles. The van der Waals surface area contributed by atoms with Gasteiger partial charge in [-0.15, -0.1) is 0 Å². The number of amides is 2. The van der Waals surface area contributed by atoms with Gasteiger partial charge in [0.05, 0.1) is 18.2 Å². The Hall–Kier alpha value is -4.51. The summed E-state index contributed by atoms with van der Waals surface area (Å²) in [5, 5.41) is 8.97. The normalized spacial score (nSPS) is 16.9. The van der Waals surface area contributed by atoms with Gasteiger partial charge in [-0.25, -0.2) is 9.38 Å². The van der Waals surface area contributed by atoms with Crippen molar-refractivity contribution in [2.24, 2.45) is 16.6 Å². The van der Waals surface area contributed by atoms with E-state index in [0.29, 0.717) is 35.2 Å². The van der Waals surface area contributed by atoms with E-state index in [1.807, 2.05) is 32.0 Å². The molecule has 1 unspecified atom stereocenters. The third-order valence-electron chi connectivity index (χ3n) is 6.55. The summed E-state index contributed by atoms with van der Waals surface area (Å²) in [6, 6.07) is 22.1. The molecule has 8 heteroatoms. The van der Waals surface area contributed by atoms with E-state index in [4.69, 9.17) is 11.0 Å². The molecule has 0 spiro atoms. The van der Waals surface area contributed by atoms with Crippen molar-refractivity contribution in [1.82, 2.24) is 9.80 Å². The van der Waals surface area contributed by atoms with Crippen LogP contribution in [0.3, 0.4) is 0 Å². The maximum absolute atomic E-state index is 14.1. The van der Waals surface area contributed by atoms with Gasteiger partial charge in [-0.3, -0.25) is 14.5 Å². The molecule has 0 aliphatic carbocycles. The minimum atomic E-state index is -1.30. The maximum Gasteiger partial charge on any atom is 0.262 e. The van der Waals surface area contributed by atoms with Crippen LogP contribution in [0, 0.1) is 23.1 Å². The molecular formula is C30H30FN5O2. The van der Waals surface area contributed by atoms with Gasteiger partial charge in [0.2, 0.25) is 0 Å². The Morgan fingerprint density at radius 2 is 1.82 bits per heavy atom. The number of carbonyl (C=O) groups excluding carboxylic acids is 2. The number of aliphatic imine (C=N–C) groups is 1. The highest BCUT2D eigenvalue weighted by molar-refractivity contribution is 6.07. The molecule has 0 radical (unpaired) electrons. The largest absolute Gasteiger partial charge is 0.369 e. The molecule has 1 aliphatic heterocycles. The standard InChI is InChI=1S/C30H30FN5O2/c1-20(2)16-30(25-8-5-9-26(31)15-25)28(38)36(29(33)34-30)19-23-6-4-7-24(14-23)27(37)35(3)18-22-12-10-21(17-32)11-13-22/h4-15,20H,16,18-19H2,1-3H3,(H2,33,34). The van der Waals surface area contributed by atoms with Crippen molar-refractivity contribution in [3.8, 4) is 6.07 Å². The van der Waals surface area contributed by atoms with Gasteiger partial charge < -0.3 is 10.6 Å². The summed E-state index contributed by atoms with van der Waals surface area (Å²) in [7, 11) is 1.71. The number of rotatable bonds is 8. The van der Waals surface area contributed by atoms with Crippen LogP contribution in [0.25, 0.3) is 0 Å². The average molecular weight is 512 g/mol. The van der Waals surface area contributed by atoms with E-state index in [1.165, 1.54) is 17.0 Å². The molecule has 194 valence electrons. The second-order valence-corrected chi connectivity index (χ2v) is 10.0. The molecule has 0 saturated heterocycles. The number of nitriles is 1. The van der Waals surface area contributed by atoms with Crippen molar-refractivity contribution in [2.45, 2.75) is 38.9 Å². The fourth-order valence-corrected chi connectivity index (χ4v) is 4.80. The molecule has 0 saturated carbocycles. The van der Waals surface area contributed by atoms with Crippen molar-refractivity contribution in [3.63, 3.8) is 0 Å². The number of guanidine groups is 1. The zero-order chi connectivity index (χ0) is 27.4. The Kier molecular flexibility index (Phi) is 7.58. The summed E-state index contributed by atoms with van der Waals surface area (Å²) in [4.78, 5) is 34.5. The number of benzene rings is 3. The Balaban J connectivity index is 1.54. The Bertz CT molecular complexity index is 1430. The van der Waals surface area contributed by atoms with Crippen molar-refractivity contribution in [3.05, 3.63) is 106 Å². The number of halogens is 1. The lowest BCUT2D eigenvalue weighted by molar-refractivity contribution is -0.132. The molecule has 0 aromatic heterocycles. The van der Waals surface area contributed by atoms with Crippen LogP contribution in [-0.2, 0) is 23.4 Å². The van der Waals surface area contributed by atoms with Crippen LogP contribution in [0.4, 0.5) is 4.39 Å². The van der Waals surface area contributed by atoms with Crippen LogP contribution in [0.15, 0.2) is 77.8 Å². The number of nitrogens with two attached hydrogens (primary N) is 1. The van der Waals surface area contributed by atoms with E-state index >= 15 is 0 Å². The van der Waals surface area contributed by atoms with E-state index < -0.39 is 11.4 Å². The average Bonchev–Trinajstić information content (AvgIpc) is 3.13. The first-order valence-corrected chi connectivity index (χ1v) is 12.4. The maximum atomic E-state index is 14.1. The molecule has 2 N–H and O–H groups in total. The predicted octanol–water partition coefficient (Wildman–Crippen LogP) is 4.57. The quantitative estimate of drug-likeness (QED) is 0.479. The highest BCUT2D eigenvalue weighted by atomic mass is 19.1. The number of hydrogen-bond donors (Lipinski definition) is 1. The van der Waals surface area contributed by atoms with Crippen LogP contribution < -0.4 is 5.73 Å². The minimum absolute atomic E-state index is 0.0644. The molecule has 4 rings (SSSR count). The highest BCUT2D eigenvalue weighted by Gasteiger charge is 2.49. The van der Waals surface area contributed by atoms with Gasteiger partial charge in [-0.05, 0) is 65.4 Å². The number of nitrogens with zero attached hydrogens (tertiary/aromatic N) is 4. The van der Waals surface area contributed by atoms with Gasteiger partial charge in [0.25, 0.3) is 11.8 Å². The third kappa shape index (κ3) is 5.42. The Labute approximate surface area is 222 Å². The first-order chi connectivity index (χ1) is 18.1. The van der Waals surface area contributed by atoms with E-state index in [9.17, 15) is 14.0 Å². The molecule has 2 amide bonds. The first kappa shape index (κ1) is 26.6. The van der Waals surface area contributed by atoms with Crippen molar-refractivity contribution < 1.29 is 14.0 Å². The van der Waals surface area contributed by atoms with Gasteiger partial charge in [0, 0.05) is 19.2 Å². The smallest absolute Gasteiger partial charge is 0.262 e. The Morgan fingerprint density at radius 1 is 1.11 bits per heavy atom. The van der Waals surface area contributed by atoms with E-state index in [1.54, 1.807) is 54.4 Å². The van der Waals surface area contributed by atoms with Crippen LogP contribution in [0.2, 0.25) is 0 Å². The monoisotopic (exact) mass is 511 g/mol. The lowest BCUT2D eigenvalue weighted by Crippen LogP contribution is -2.43. The first-order valence-electron chi connectivity index (χ1n) is 12.4. The second kappa shape index (κ2) is 10.9. The van der Waals surface area contributed by atoms with E-state index in [0.717, 1.165) is 5.56 Å². The second-order valence-electron chi connectivity index (χ2n) is 10.0. The lowest BCUT2D eigenvalue weighted by Gasteiger charge is -2.28. The fraction of sp³-hybridized carbons (Fsp3) is 0.267. The lowest BCUT2D eigenvalue weighted by atomic mass is 9.82. The molecule has 1 heterocycles. The Morgan fingerprint density at radius 3 is 2.47 bits per heavy atom. The summed E-state index contributed by atoms with van der Waals surface area (Å²) >= 11 is 0. The van der Waals surface area contributed by atoms with Gasteiger partial charge in [0.1, 0.15) is 5.82 Å². The van der Waals surface area contributed by atoms with Gasteiger partial charge in [0.15, 0.2) is 11.5 Å². The summed E-state index contributed by atoms with van der Waals surface area (Å²) in [6.45, 7) is 4.46. The molecule has 1 atom stereocenters. The van der Waals surface area contributed by atoms with Crippen molar-refractivity contribution in [1.29, 1.82) is 5.26 Å². The summed E-state index contributed by atoms with van der Waals surface area (Å²) in [5.41, 5.74) is 8.09.